The van der Waals surface area contributed by atoms with E-state index in [9.17, 15) is 4.79 Å². The first-order valence-electron chi connectivity index (χ1n) is 7.32. The predicted octanol–water partition coefficient (Wildman–Crippen LogP) is 2.42. The Balaban J connectivity index is 0.00000161. The highest BCUT2D eigenvalue weighted by Gasteiger charge is 2.42. The highest BCUT2D eigenvalue weighted by atomic mass is 35.5. The van der Waals surface area contributed by atoms with Gasteiger partial charge in [-0.2, -0.15) is 0 Å². The Morgan fingerprint density at radius 1 is 1.43 bits per heavy atom. The number of rotatable bonds is 3. The maximum atomic E-state index is 12.5. The van der Waals surface area contributed by atoms with Crippen LogP contribution in [0, 0.1) is 11.8 Å². The number of pyridine rings is 1. The van der Waals surface area contributed by atoms with Crippen LogP contribution in [0.5, 0.6) is 0 Å². The lowest BCUT2D eigenvalue weighted by atomic mass is 9.98. The summed E-state index contributed by atoms with van der Waals surface area (Å²) in [5.74, 6) is 2.21. The molecule has 0 aromatic carbocycles. The summed E-state index contributed by atoms with van der Waals surface area (Å²) in [5.41, 5.74) is 6.81. The van der Waals surface area contributed by atoms with Gasteiger partial charge in [0.15, 0.2) is 0 Å². The summed E-state index contributed by atoms with van der Waals surface area (Å²) in [4.78, 5) is 18.8. The molecular formula is C15H22ClN3OS. The third-order valence-corrected chi connectivity index (χ3v) is 5.30. The summed E-state index contributed by atoms with van der Waals surface area (Å²) in [7, 11) is 0. The van der Waals surface area contributed by atoms with Gasteiger partial charge in [-0.15, -0.1) is 24.2 Å². The van der Waals surface area contributed by atoms with Gasteiger partial charge >= 0.3 is 0 Å². The maximum absolute atomic E-state index is 12.5. The molecule has 6 heteroatoms. The highest BCUT2D eigenvalue weighted by Crippen LogP contribution is 2.37. The van der Waals surface area contributed by atoms with Crippen LogP contribution in [0.4, 0.5) is 0 Å². The minimum Gasteiger partial charge on any atom is -0.338 e. The zero-order chi connectivity index (χ0) is 14.1. The predicted molar refractivity (Wildman–Crippen MR) is 88.0 cm³/mol. The molecule has 1 amide bonds. The van der Waals surface area contributed by atoms with Crippen molar-refractivity contribution >= 4 is 30.1 Å². The van der Waals surface area contributed by atoms with Gasteiger partial charge in [0.25, 0.3) is 5.91 Å². The fraction of sp³-hybridized carbons (Fsp3) is 0.600. The van der Waals surface area contributed by atoms with E-state index in [0.29, 0.717) is 17.4 Å². The average Bonchev–Trinajstić information content (AvgIpc) is 3.02. The summed E-state index contributed by atoms with van der Waals surface area (Å²) < 4.78 is 0. The van der Waals surface area contributed by atoms with Gasteiger partial charge in [0.1, 0.15) is 0 Å². The molecule has 116 valence electrons. The Hall–Kier alpha value is -0.780. The third kappa shape index (κ3) is 3.35. The number of nitrogens with two attached hydrogens (primary N) is 1. The molecule has 2 heterocycles. The van der Waals surface area contributed by atoms with Gasteiger partial charge in [-0.1, -0.05) is 6.92 Å². The van der Waals surface area contributed by atoms with E-state index in [4.69, 9.17) is 5.73 Å². The molecule has 1 aromatic heterocycles. The second-order valence-corrected chi connectivity index (χ2v) is 6.98. The number of hydrogen-bond donors (Lipinski definition) is 1. The minimum atomic E-state index is 0. The number of carbonyl (C=O) groups is 1. The number of halogens is 1. The lowest BCUT2D eigenvalue weighted by Crippen LogP contribution is -2.33. The standard InChI is InChI=1S/C15H21N3OS.ClH/c1-2-20-14-6-4-10(7-17-14)15(19)18-8-11-3-5-13(16)12(11)9-18;/h4,6-7,11-13H,2-3,5,8-9,16H2,1H3;1H. The van der Waals surface area contributed by atoms with Crippen LogP contribution in [0.1, 0.15) is 30.1 Å². The van der Waals surface area contributed by atoms with Crippen LogP contribution >= 0.6 is 24.2 Å². The first kappa shape index (κ1) is 16.6. The highest BCUT2D eigenvalue weighted by molar-refractivity contribution is 7.99. The molecule has 0 spiro atoms. The first-order valence-corrected chi connectivity index (χ1v) is 8.31. The van der Waals surface area contributed by atoms with E-state index < -0.39 is 0 Å². The Bertz CT molecular complexity index is 496. The van der Waals surface area contributed by atoms with Gasteiger partial charge in [-0.3, -0.25) is 4.79 Å². The number of carbonyl (C=O) groups excluding carboxylic acids is 1. The number of aromatic nitrogens is 1. The first-order chi connectivity index (χ1) is 9.69. The molecule has 21 heavy (non-hydrogen) atoms. The smallest absolute Gasteiger partial charge is 0.255 e. The van der Waals surface area contributed by atoms with E-state index in [1.807, 2.05) is 17.0 Å². The summed E-state index contributed by atoms with van der Waals surface area (Å²) in [5, 5.41) is 0.976. The largest absolute Gasteiger partial charge is 0.338 e. The SMILES string of the molecule is CCSc1ccc(C(=O)N2CC3CCC(N)C3C2)cn1.Cl. The van der Waals surface area contributed by atoms with Crippen LogP contribution in [-0.4, -0.2) is 40.7 Å². The van der Waals surface area contributed by atoms with Gasteiger partial charge < -0.3 is 10.6 Å². The van der Waals surface area contributed by atoms with Crippen LogP contribution in [-0.2, 0) is 0 Å². The Morgan fingerprint density at radius 3 is 2.86 bits per heavy atom. The number of hydrogen-bond acceptors (Lipinski definition) is 4. The summed E-state index contributed by atoms with van der Waals surface area (Å²) in [6, 6.07) is 4.10. The second kappa shape index (κ2) is 6.99. The van der Waals surface area contributed by atoms with Crippen molar-refractivity contribution < 1.29 is 4.79 Å². The van der Waals surface area contributed by atoms with E-state index in [0.717, 1.165) is 30.3 Å². The number of amides is 1. The Kier molecular flexibility index (Phi) is 5.52. The second-order valence-electron chi connectivity index (χ2n) is 5.69. The van der Waals surface area contributed by atoms with Crippen LogP contribution in [0.3, 0.4) is 0 Å². The van der Waals surface area contributed by atoms with Gasteiger partial charge in [0, 0.05) is 25.3 Å². The van der Waals surface area contributed by atoms with Crippen molar-refractivity contribution in [3.05, 3.63) is 23.9 Å². The molecule has 0 radical (unpaired) electrons. The van der Waals surface area contributed by atoms with Crippen molar-refractivity contribution in [2.45, 2.75) is 30.8 Å². The van der Waals surface area contributed by atoms with Crippen molar-refractivity contribution in [2.24, 2.45) is 17.6 Å². The molecule has 3 atom stereocenters. The van der Waals surface area contributed by atoms with Crippen molar-refractivity contribution in [1.82, 2.24) is 9.88 Å². The zero-order valence-corrected chi connectivity index (χ0v) is 13.8. The van der Waals surface area contributed by atoms with Gasteiger partial charge in [0.2, 0.25) is 0 Å². The van der Waals surface area contributed by atoms with Crippen LogP contribution in [0.15, 0.2) is 23.4 Å². The van der Waals surface area contributed by atoms with Crippen LogP contribution < -0.4 is 5.73 Å². The molecule has 4 nitrogen and oxygen atoms in total. The summed E-state index contributed by atoms with van der Waals surface area (Å²) >= 11 is 1.69. The van der Waals surface area contributed by atoms with Crippen LogP contribution in [0.2, 0.25) is 0 Å². The number of nitrogens with zero attached hydrogens (tertiary/aromatic N) is 2. The molecule has 2 aliphatic rings. The summed E-state index contributed by atoms with van der Waals surface area (Å²) in [6.07, 6.45) is 3.98. The Morgan fingerprint density at radius 2 is 2.24 bits per heavy atom. The fourth-order valence-electron chi connectivity index (χ4n) is 3.40. The van der Waals surface area contributed by atoms with E-state index >= 15 is 0 Å². The molecule has 1 aliphatic carbocycles. The van der Waals surface area contributed by atoms with Crippen molar-refractivity contribution in [1.29, 1.82) is 0 Å². The third-order valence-electron chi connectivity index (χ3n) is 4.48. The van der Waals surface area contributed by atoms with Gasteiger partial charge in [-0.05, 0) is 42.6 Å². The molecule has 1 aromatic rings. The number of thioether (sulfide) groups is 1. The lowest BCUT2D eigenvalue weighted by Gasteiger charge is -2.18. The Labute approximate surface area is 136 Å². The molecule has 2 fully saturated rings. The van der Waals surface area contributed by atoms with Gasteiger partial charge in [-0.25, -0.2) is 4.98 Å². The van der Waals surface area contributed by atoms with Crippen molar-refractivity contribution in [3.8, 4) is 0 Å². The van der Waals surface area contributed by atoms with Crippen LogP contribution in [0.25, 0.3) is 0 Å². The van der Waals surface area contributed by atoms with E-state index in [2.05, 4.69) is 11.9 Å². The molecule has 1 saturated heterocycles. The van der Waals surface area contributed by atoms with Crippen molar-refractivity contribution in [2.75, 3.05) is 18.8 Å². The van der Waals surface area contributed by atoms with E-state index in [1.54, 1.807) is 18.0 Å². The summed E-state index contributed by atoms with van der Waals surface area (Å²) in [6.45, 7) is 3.77. The molecule has 3 unspecified atom stereocenters. The average molecular weight is 328 g/mol. The zero-order valence-electron chi connectivity index (χ0n) is 12.2. The quantitative estimate of drug-likeness (QED) is 0.866. The topological polar surface area (TPSA) is 59.2 Å². The molecule has 2 N–H and O–H groups in total. The fourth-order valence-corrected chi connectivity index (χ4v) is 3.98. The molecular weight excluding hydrogens is 306 g/mol. The van der Waals surface area contributed by atoms with Crippen molar-refractivity contribution in [3.63, 3.8) is 0 Å². The molecule has 3 rings (SSSR count). The van der Waals surface area contributed by atoms with Gasteiger partial charge in [0.05, 0.1) is 10.6 Å². The molecule has 1 saturated carbocycles. The van der Waals surface area contributed by atoms with E-state index in [1.165, 1.54) is 6.42 Å². The number of fused-ring (bicyclic) bond motifs is 1. The van der Waals surface area contributed by atoms with E-state index in [-0.39, 0.29) is 24.4 Å². The normalized spacial score (nSPS) is 27.3. The monoisotopic (exact) mass is 327 g/mol. The lowest BCUT2D eigenvalue weighted by molar-refractivity contribution is 0.0779. The molecule has 0 bridgehead atoms. The minimum absolute atomic E-state index is 0. The number of likely N-dealkylation sites (tertiary alicyclic amines) is 1. The maximum Gasteiger partial charge on any atom is 0.255 e. The molecule has 1 aliphatic heterocycles.